The van der Waals surface area contributed by atoms with Crippen molar-refractivity contribution in [3.8, 4) is 0 Å². The van der Waals surface area contributed by atoms with Gasteiger partial charge in [-0.3, -0.25) is 0 Å². The molecule has 13 aliphatic heterocycles. The van der Waals surface area contributed by atoms with Crippen LogP contribution in [-0.2, 0) is 71.7 Å². The minimum atomic E-state index is -2.14. The maximum atomic E-state index is 11.5. The first-order valence-electron chi connectivity index (χ1n) is 21.4. The summed E-state index contributed by atoms with van der Waals surface area (Å²) in [6, 6.07) is 0. The maximum Gasteiger partial charge on any atom is 0.187 e. The molecule has 67 heavy (non-hydrogen) atoms. The largest absolute Gasteiger partial charge is 0.394 e. The highest BCUT2D eigenvalue weighted by molar-refractivity contribution is 5.01. The molecule has 31 heteroatoms. The van der Waals surface area contributed by atoms with Crippen molar-refractivity contribution < 1.29 is 153 Å². The van der Waals surface area contributed by atoms with E-state index in [2.05, 4.69) is 0 Å². The van der Waals surface area contributed by atoms with E-state index in [0.29, 0.717) is 0 Å². The monoisotopic (exact) mass is 986 g/mol. The number of aliphatic hydroxyl groups excluding tert-OH is 16. The molecule has 13 aliphatic rings. The van der Waals surface area contributed by atoms with Crippen LogP contribution in [0.4, 0.5) is 0 Å². The lowest BCUT2D eigenvalue weighted by atomic mass is 9.94. The van der Waals surface area contributed by atoms with Crippen molar-refractivity contribution in [2.24, 2.45) is 0 Å². The Bertz CT molecular complexity index is 1560. The summed E-state index contributed by atoms with van der Waals surface area (Å²) >= 11 is 0. The highest BCUT2D eigenvalue weighted by Gasteiger charge is 2.60. The van der Waals surface area contributed by atoms with Crippen molar-refractivity contribution >= 4 is 0 Å². The molecular formula is C36H58O31. The summed E-state index contributed by atoms with van der Waals surface area (Å²) in [5.41, 5.74) is 0. The third-order valence-corrected chi connectivity index (χ3v) is 12.9. The van der Waals surface area contributed by atoms with E-state index in [9.17, 15) is 81.7 Å². The van der Waals surface area contributed by atoms with Crippen LogP contribution in [0.2, 0.25) is 0 Å². The Hall–Kier alpha value is -1.24. The predicted octanol–water partition coefficient (Wildman–Crippen LogP) is -12.1. The third-order valence-electron chi connectivity index (χ3n) is 12.9. The van der Waals surface area contributed by atoms with Crippen molar-refractivity contribution in [2.75, 3.05) is 39.6 Å². The van der Waals surface area contributed by atoms with Crippen LogP contribution in [0.5, 0.6) is 0 Å². The fourth-order valence-corrected chi connectivity index (χ4v) is 9.23. The lowest BCUT2D eigenvalue weighted by molar-refractivity contribution is -0.561. The summed E-state index contributed by atoms with van der Waals surface area (Å²) in [5, 5.41) is 180. The number of rotatable bonds is 6. The zero-order valence-electron chi connectivity index (χ0n) is 34.8. The molecule has 16 N–H and O–H groups in total. The molecule has 0 amide bonds. The molecule has 31 nitrogen and oxygen atoms in total. The quantitative estimate of drug-likeness (QED) is 0.110. The van der Waals surface area contributed by atoms with Crippen LogP contribution in [0, 0.1) is 0 Å². The van der Waals surface area contributed by atoms with Gasteiger partial charge in [0.2, 0.25) is 0 Å². The van der Waals surface area contributed by atoms with E-state index in [1.54, 1.807) is 0 Å². The molecule has 0 saturated carbocycles. The smallest absolute Gasteiger partial charge is 0.187 e. The molecule has 13 saturated heterocycles. The van der Waals surface area contributed by atoms with Gasteiger partial charge in [0, 0.05) is 0 Å². The molecular weight excluding hydrogens is 928 g/mol. The second kappa shape index (κ2) is 21.9. The SMILES string of the molecule is OC[C@H]1O[C@@H]2O[C@@H]3[C@@H]4OOO[C@H]([C@H]2O)[C@H]1O[C@H]1O[C@H](CO)[C@@H](O[C@H]2O[C@H](CO)[C@@H](O[C@H]5O[C@H](CO)[C@@H](O[C@H]6O[C@H](CO)[C@@H](O[C@@H](O[C@@H]3CO)[C@@H]4O)[C@H](O)[C@H]6O)[C@H](O)[C@H]5O)[C@H](O)[C@H]2O)[C@H](O)[C@H]1O. The lowest BCUT2D eigenvalue weighted by Gasteiger charge is -2.50. The van der Waals surface area contributed by atoms with Gasteiger partial charge < -0.3 is 139 Å². The molecule has 0 aromatic rings. The lowest BCUT2D eigenvalue weighted by Crippen LogP contribution is -2.69. The third kappa shape index (κ3) is 9.87. The fourth-order valence-electron chi connectivity index (χ4n) is 9.23. The van der Waals surface area contributed by atoms with Gasteiger partial charge in [0.1, 0.15) is 134 Å². The normalized spacial score (nSPS) is 55.5. The van der Waals surface area contributed by atoms with Crippen LogP contribution < -0.4 is 0 Å². The van der Waals surface area contributed by atoms with Gasteiger partial charge in [-0.05, 0) is 0 Å². The number of fused-ring (bicyclic) bond motifs is 3. The van der Waals surface area contributed by atoms with Gasteiger partial charge >= 0.3 is 0 Å². The Morgan fingerprint density at radius 2 is 0.403 bits per heavy atom. The molecule has 13 heterocycles. The van der Waals surface area contributed by atoms with E-state index in [-0.39, 0.29) is 0 Å². The Morgan fingerprint density at radius 1 is 0.209 bits per heavy atom. The predicted molar refractivity (Wildman–Crippen MR) is 195 cm³/mol. The van der Waals surface area contributed by atoms with Crippen LogP contribution in [-0.4, -0.2) is 306 Å². The zero-order valence-corrected chi connectivity index (χ0v) is 34.8. The van der Waals surface area contributed by atoms with E-state index in [1.165, 1.54) is 0 Å². The first-order valence-corrected chi connectivity index (χ1v) is 21.4. The van der Waals surface area contributed by atoms with E-state index in [0.717, 1.165) is 0 Å². The van der Waals surface area contributed by atoms with Crippen LogP contribution >= 0.6 is 0 Å². The fraction of sp³-hybridized carbons (Fsp3) is 1.00. The summed E-state index contributed by atoms with van der Waals surface area (Å²) in [4.78, 5) is 10.7. The van der Waals surface area contributed by atoms with Crippen molar-refractivity contribution in [1.29, 1.82) is 0 Å². The minimum absolute atomic E-state index is 0.925. The first-order chi connectivity index (χ1) is 32.1. The Balaban J connectivity index is 1.12. The molecule has 0 radical (unpaired) electrons. The summed E-state index contributed by atoms with van der Waals surface area (Å²) in [7, 11) is 0. The average Bonchev–Trinajstić information content (AvgIpc) is 3.36. The van der Waals surface area contributed by atoms with Crippen molar-refractivity contribution in [3.63, 3.8) is 0 Å². The first kappa shape index (κ1) is 52.1. The van der Waals surface area contributed by atoms with Crippen molar-refractivity contribution in [3.05, 3.63) is 0 Å². The average molecular weight is 987 g/mol. The molecule has 0 unspecified atom stereocenters. The summed E-state index contributed by atoms with van der Waals surface area (Å²) in [5.74, 6) is 0. The van der Waals surface area contributed by atoms with E-state index < -0.39 is 224 Å². The second-order valence-corrected chi connectivity index (χ2v) is 17.1. The summed E-state index contributed by atoms with van der Waals surface area (Å²) in [6.07, 6.45) is -56.7. The number of hydrogen-bond acceptors (Lipinski definition) is 31. The van der Waals surface area contributed by atoms with Crippen molar-refractivity contribution in [2.45, 2.75) is 184 Å². The van der Waals surface area contributed by atoms with Gasteiger partial charge in [-0.15, -0.1) is 0 Å². The van der Waals surface area contributed by atoms with Gasteiger partial charge in [0.05, 0.1) is 39.6 Å². The summed E-state index contributed by atoms with van der Waals surface area (Å²) in [6.45, 7) is -5.80. The molecule has 13 rings (SSSR count). The second-order valence-electron chi connectivity index (χ2n) is 17.1. The van der Waals surface area contributed by atoms with E-state index in [4.69, 9.17) is 71.7 Å². The Labute approximate surface area is 377 Å². The molecule has 12 bridgehead atoms. The van der Waals surface area contributed by atoms with Crippen LogP contribution in [0.3, 0.4) is 0 Å². The number of ether oxygens (including phenoxy) is 12. The Morgan fingerprint density at radius 3 is 0.627 bits per heavy atom. The molecule has 0 aromatic carbocycles. The number of aliphatic hydroxyl groups is 16. The van der Waals surface area contributed by atoms with Crippen LogP contribution in [0.1, 0.15) is 0 Å². The summed E-state index contributed by atoms with van der Waals surface area (Å²) < 4.78 is 69.1. The molecule has 0 spiro atoms. The molecule has 13 fully saturated rings. The van der Waals surface area contributed by atoms with E-state index >= 15 is 0 Å². The van der Waals surface area contributed by atoms with Gasteiger partial charge in [-0.2, -0.15) is 9.78 Å². The zero-order chi connectivity index (χ0) is 48.2. The van der Waals surface area contributed by atoms with Crippen LogP contribution in [0.25, 0.3) is 0 Å². The molecule has 30 atom stereocenters. The standard InChI is InChI=1S/C36H58O31/c37-1-7-23-14(44)18(48)32(54-7)61-25-9(3-39)56-34(20(50)16(25)46)63-27-11(5-41)58-36-22(52)30(27)66-67-65-29-21(51)35(57-12(6-42)28(29)64-36)62-26-10(4-40)55-33(19(49)15(26)45)60-24-8(2-38)53-31(59-23)17(47)13(24)43/h7-52H,1-6H2/t7-,8-,9-,10-,11-,12-,13-,14-,15-,16-,17-,18-,19-,20-,21-,22-,23-,24-,25-,26-,27+,28+,29-,30-,31-,32-,33-,34-,35-,36-/m1/s1. The van der Waals surface area contributed by atoms with Crippen molar-refractivity contribution in [1.82, 2.24) is 0 Å². The van der Waals surface area contributed by atoms with Gasteiger partial charge in [0.15, 0.2) is 49.9 Å². The van der Waals surface area contributed by atoms with Gasteiger partial charge in [-0.1, -0.05) is 5.04 Å². The topological polar surface area (TPSA) is 462 Å². The highest BCUT2D eigenvalue weighted by Crippen LogP contribution is 2.39. The van der Waals surface area contributed by atoms with Gasteiger partial charge in [0.25, 0.3) is 0 Å². The molecule has 0 aromatic heterocycles. The van der Waals surface area contributed by atoms with Crippen LogP contribution in [0.15, 0.2) is 0 Å². The number of hydrogen-bond donors (Lipinski definition) is 16. The highest BCUT2D eigenvalue weighted by atomic mass is 17.5. The minimum Gasteiger partial charge on any atom is -0.394 e. The maximum absolute atomic E-state index is 11.5. The van der Waals surface area contributed by atoms with E-state index in [1.807, 2.05) is 0 Å². The van der Waals surface area contributed by atoms with Gasteiger partial charge in [-0.25, -0.2) is 0 Å². The Kier molecular flexibility index (Phi) is 17.0. The molecule has 388 valence electrons. The molecule has 0 aliphatic carbocycles.